The molecule has 0 aliphatic carbocycles. The van der Waals surface area contributed by atoms with Crippen LogP contribution in [-0.2, 0) is 0 Å². The average Bonchev–Trinajstić information content (AvgIpc) is 2.56. The Morgan fingerprint density at radius 1 is 1.27 bits per heavy atom. The Balaban J connectivity index is 1.97. The largest absolute Gasteiger partial charge is 0.456 e. The Hall–Kier alpha value is -2.40. The highest BCUT2D eigenvalue weighted by Gasteiger charge is 2.11. The van der Waals surface area contributed by atoms with E-state index in [4.69, 9.17) is 9.84 Å². The zero-order valence-electron chi connectivity index (χ0n) is 12.5. The van der Waals surface area contributed by atoms with Crippen molar-refractivity contribution in [3.05, 3.63) is 54.4 Å². The van der Waals surface area contributed by atoms with Gasteiger partial charge in [0.2, 0.25) is 0 Å². The fourth-order valence-corrected chi connectivity index (χ4v) is 2.02. The Morgan fingerprint density at radius 2 is 2.05 bits per heavy atom. The van der Waals surface area contributed by atoms with Crippen molar-refractivity contribution in [3.8, 4) is 11.5 Å². The summed E-state index contributed by atoms with van der Waals surface area (Å²) in [5.74, 6) is 1.15. The van der Waals surface area contributed by atoms with Gasteiger partial charge in [0.05, 0.1) is 6.20 Å². The van der Waals surface area contributed by atoms with E-state index in [1.165, 1.54) is 0 Å². The first-order valence-electron chi connectivity index (χ1n) is 7.32. The highest BCUT2D eigenvalue weighted by atomic mass is 16.5. The van der Waals surface area contributed by atoms with Crippen molar-refractivity contribution in [3.63, 3.8) is 0 Å². The summed E-state index contributed by atoms with van der Waals surface area (Å²) in [5, 5.41) is 11.9. The van der Waals surface area contributed by atoms with Crippen molar-refractivity contribution in [1.29, 1.82) is 0 Å². The number of aliphatic hydroxyl groups is 1. The third kappa shape index (κ3) is 4.56. The molecule has 0 bridgehead atoms. The summed E-state index contributed by atoms with van der Waals surface area (Å²) in [4.78, 5) is 16.1. The zero-order valence-corrected chi connectivity index (χ0v) is 12.5. The van der Waals surface area contributed by atoms with Gasteiger partial charge < -0.3 is 15.2 Å². The van der Waals surface area contributed by atoms with Crippen LogP contribution in [0, 0.1) is 0 Å². The van der Waals surface area contributed by atoms with Crippen molar-refractivity contribution in [2.45, 2.75) is 25.8 Å². The molecule has 2 aromatic rings. The molecule has 0 fully saturated rings. The van der Waals surface area contributed by atoms with Gasteiger partial charge in [0.1, 0.15) is 11.5 Å². The third-order valence-electron chi connectivity index (χ3n) is 3.29. The van der Waals surface area contributed by atoms with Crippen LogP contribution in [0.25, 0.3) is 0 Å². The van der Waals surface area contributed by atoms with Crippen LogP contribution in [-0.4, -0.2) is 28.6 Å². The molecule has 0 spiro atoms. The topological polar surface area (TPSA) is 71.5 Å². The van der Waals surface area contributed by atoms with Gasteiger partial charge in [-0.15, -0.1) is 0 Å². The molecule has 0 saturated heterocycles. The minimum atomic E-state index is -0.145. The number of ether oxygens (including phenoxy) is 1. The van der Waals surface area contributed by atoms with E-state index >= 15 is 0 Å². The van der Waals surface area contributed by atoms with E-state index in [-0.39, 0.29) is 18.6 Å². The molecule has 2 rings (SSSR count). The fraction of sp³-hybridized carbons (Fsp3) is 0.294. The first-order chi connectivity index (χ1) is 10.7. The summed E-state index contributed by atoms with van der Waals surface area (Å²) in [6, 6.07) is 10.5. The molecule has 1 atom stereocenters. The number of nitrogens with one attached hydrogen (secondary N) is 1. The number of pyridine rings is 1. The van der Waals surface area contributed by atoms with Crippen LogP contribution in [0.4, 0.5) is 0 Å². The predicted molar refractivity (Wildman–Crippen MR) is 84.0 cm³/mol. The smallest absolute Gasteiger partial charge is 0.251 e. The molecular weight excluding hydrogens is 280 g/mol. The third-order valence-corrected chi connectivity index (χ3v) is 3.29. The predicted octanol–water partition coefficient (Wildman–Crippen LogP) is 2.76. The summed E-state index contributed by atoms with van der Waals surface area (Å²) < 4.78 is 5.63. The number of hydrogen-bond acceptors (Lipinski definition) is 4. The summed E-state index contributed by atoms with van der Waals surface area (Å²) in [6.07, 6.45) is 4.65. The van der Waals surface area contributed by atoms with Gasteiger partial charge in [-0.3, -0.25) is 9.78 Å². The molecule has 5 nitrogen and oxygen atoms in total. The molecule has 1 amide bonds. The quantitative estimate of drug-likeness (QED) is 0.825. The Bertz CT molecular complexity index is 585. The maximum atomic E-state index is 12.1. The van der Waals surface area contributed by atoms with E-state index in [0.29, 0.717) is 23.5 Å². The number of benzene rings is 1. The number of carbonyl (C=O) groups excluding carboxylic acids is 1. The first kappa shape index (κ1) is 16.0. The Labute approximate surface area is 130 Å². The molecule has 0 aliphatic heterocycles. The SMILES string of the molecule is CCC(CCO)NC(=O)c1ccc(Oc2cccnc2)cc1. The average molecular weight is 300 g/mol. The first-order valence-corrected chi connectivity index (χ1v) is 7.32. The van der Waals surface area contributed by atoms with E-state index in [1.807, 2.05) is 13.0 Å². The van der Waals surface area contributed by atoms with Crippen LogP contribution in [0.2, 0.25) is 0 Å². The molecule has 0 aliphatic rings. The summed E-state index contributed by atoms with van der Waals surface area (Å²) in [5.41, 5.74) is 0.565. The number of aliphatic hydroxyl groups excluding tert-OH is 1. The van der Waals surface area contributed by atoms with Crippen molar-refractivity contribution in [2.75, 3.05) is 6.61 Å². The maximum Gasteiger partial charge on any atom is 0.251 e. The number of aromatic nitrogens is 1. The van der Waals surface area contributed by atoms with E-state index in [1.54, 1.807) is 42.7 Å². The van der Waals surface area contributed by atoms with Gasteiger partial charge >= 0.3 is 0 Å². The molecule has 2 N–H and O–H groups in total. The van der Waals surface area contributed by atoms with Gasteiger partial charge in [-0.05, 0) is 49.2 Å². The molecule has 1 heterocycles. The maximum absolute atomic E-state index is 12.1. The summed E-state index contributed by atoms with van der Waals surface area (Å²) in [7, 11) is 0. The fourth-order valence-electron chi connectivity index (χ4n) is 2.02. The second-order valence-corrected chi connectivity index (χ2v) is 4.91. The van der Waals surface area contributed by atoms with Gasteiger partial charge in [0, 0.05) is 24.4 Å². The monoisotopic (exact) mass is 300 g/mol. The number of carbonyl (C=O) groups is 1. The molecule has 5 heteroatoms. The number of nitrogens with zero attached hydrogens (tertiary/aromatic N) is 1. The van der Waals surface area contributed by atoms with Crippen LogP contribution in [0.15, 0.2) is 48.8 Å². The van der Waals surface area contributed by atoms with Gasteiger partial charge in [0.15, 0.2) is 0 Å². The second-order valence-electron chi connectivity index (χ2n) is 4.91. The summed E-state index contributed by atoms with van der Waals surface area (Å²) >= 11 is 0. The molecule has 116 valence electrons. The van der Waals surface area contributed by atoms with Crippen molar-refractivity contribution < 1.29 is 14.6 Å². The van der Waals surface area contributed by atoms with Crippen molar-refractivity contribution in [1.82, 2.24) is 10.3 Å². The van der Waals surface area contributed by atoms with E-state index in [0.717, 1.165) is 6.42 Å². The normalized spacial score (nSPS) is 11.7. The van der Waals surface area contributed by atoms with Crippen LogP contribution in [0.1, 0.15) is 30.1 Å². The van der Waals surface area contributed by atoms with Crippen LogP contribution in [0.3, 0.4) is 0 Å². The van der Waals surface area contributed by atoms with E-state index in [2.05, 4.69) is 10.3 Å². The van der Waals surface area contributed by atoms with Gasteiger partial charge in [-0.2, -0.15) is 0 Å². The highest BCUT2D eigenvalue weighted by Crippen LogP contribution is 2.20. The standard InChI is InChI=1S/C17H20N2O3/c1-2-14(9-11-20)19-17(21)13-5-7-15(8-6-13)22-16-4-3-10-18-12-16/h3-8,10,12,14,20H,2,9,11H2,1H3,(H,19,21). The minimum absolute atomic E-state index is 0.0104. The van der Waals surface area contributed by atoms with E-state index < -0.39 is 0 Å². The molecular formula is C17H20N2O3. The zero-order chi connectivity index (χ0) is 15.8. The van der Waals surface area contributed by atoms with Gasteiger partial charge in [0.25, 0.3) is 5.91 Å². The number of hydrogen-bond donors (Lipinski definition) is 2. The number of rotatable bonds is 7. The van der Waals surface area contributed by atoms with Crippen LogP contribution < -0.4 is 10.1 Å². The minimum Gasteiger partial charge on any atom is -0.456 e. The second kappa shape index (κ2) is 8.14. The summed E-state index contributed by atoms with van der Waals surface area (Å²) in [6.45, 7) is 2.04. The molecule has 1 unspecified atom stereocenters. The van der Waals surface area contributed by atoms with Gasteiger partial charge in [-0.25, -0.2) is 0 Å². The lowest BCUT2D eigenvalue weighted by molar-refractivity contribution is 0.0929. The van der Waals surface area contributed by atoms with E-state index in [9.17, 15) is 4.79 Å². The highest BCUT2D eigenvalue weighted by molar-refractivity contribution is 5.94. The van der Waals surface area contributed by atoms with Crippen molar-refractivity contribution >= 4 is 5.91 Å². The Morgan fingerprint density at radius 3 is 2.64 bits per heavy atom. The molecule has 1 aromatic heterocycles. The van der Waals surface area contributed by atoms with Gasteiger partial charge in [-0.1, -0.05) is 6.92 Å². The number of amides is 1. The molecule has 0 radical (unpaired) electrons. The molecule has 0 saturated carbocycles. The lowest BCUT2D eigenvalue weighted by atomic mass is 10.1. The lowest BCUT2D eigenvalue weighted by Crippen LogP contribution is -2.34. The Kier molecular flexibility index (Phi) is 5.91. The lowest BCUT2D eigenvalue weighted by Gasteiger charge is -2.15. The molecule has 1 aromatic carbocycles. The molecule has 22 heavy (non-hydrogen) atoms. The van der Waals surface area contributed by atoms with Crippen LogP contribution >= 0.6 is 0 Å². The van der Waals surface area contributed by atoms with Crippen LogP contribution in [0.5, 0.6) is 11.5 Å². The van der Waals surface area contributed by atoms with Crippen molar-refractivity contribution in [2.24, 2.45) is 0 Å².